The van der Waals surface area contributed by atoms with E-state index in [4.69, 9.17) is 0 Å². The van der Waals surface area contributed by atoms with Gasteiger partial charge in [0.25, 0.3) is 10.0 Å². The molecular formula is C9H8FN3O2S2. The molecule has 0 bridgehead atoms. The summed E-state index contributed by atoms with van der Waals surface area (Å²) in [6.45, 7) is 1.65. The Balaban J connectivity index is 2.31. The number of sulfonamides is 1. The smallest absolute Gasteiger partial charge is 0.253 e. The van der Waals surface area contributed by atoms with E-state index < -0.39 is 15.8 Å². The maximum absolute atomic E-state index is 12.9. The van der Waals surface area contributed by atoms with Crippen molar-refractivity contribution in [1.82, 2.24) is 9.36 Å². The second-order valence-corrected chi connectivity index (χ2v) is 5.64. The van der Waals surface area contributed by atoms with Crippen LogP contribution in [0.5, 0.6) is 0 Å². The zero-order valence-corrected chi connectivity index (χ0v) is 10.3. The molecule has 0 unspecified atom stereocenters. The molecule has 0 fully saturated rings. The van der Waals surface area contributed by atoms with E-state index >= 15 is 0 Å². The molecule has 90 valence electrons. The highest BCUT2D eigenvalue weighted by molar-refractivity contribution is 7.93. The van der Waals surface area contributed by atoms with Crippen molar-refractivity contribution in [3.63, 3.8) is 0 Å². The monoisotopic (exact) mass is 273 g/mol. The van der Waals surface area contributed by atoms with E-state index in [2.05, 4.69) is 14.1 Å². The molecule has 0 spiro atoms. The van der Waals surface area contributed by atoms with Crippen molar-refractivity contribution in [3.8, 4) is 0 Å². The number of aryl methyl sites for hydroxylation is 1. The average molecular weight is 273 g/mol. The highest BCUT2D eigenvalue weighted by Gasteiger charge is 2.16. The summed E-state index contributed by atoms with van der Waals surface area (Å²) in [5.41, 5.74) is 0. The molecule has 0 radical (unpaired) electrons. The van der Waals surface area contributed by atoms with Gasteiger partial charge in [-0.05, 0) is 25.1 Å². The van der Waals surface area contributed by atoms with Crippen molar-refractivity contribution in [2.75, 3.05) is 4.72 Å². The zero-order chi connectivity index (χ0) is 12.5. The van der Waals surface area contributed by atoms with Crippen molar-refractivity contribution in [1.29, 1.82) is 0 Å². The quantitative estimate of drug-likeness (QED) is 0.925. The van der Waals surface area contributed by atoms with Gasteiger partial charge in [0.05, 0.1) is 4.90 Å². The summed E-state index contributed by atoms with van der Waals surface area (Å²) in [5.74, 6) is -0.131. The fourth-order valence-electron chi connectivity index (χ4n) is 1.15. The number of nitrogens with zero attached hydrogens (tertiary/aromatic N) is 2. The Labute approximate surface area is 102 Å². The van der Waals surface area contributed by atoms with Crippen LogP contribution in [-0.2, 0) is 10.0 Å². The highest BCUT2D eigenvalue weighted by atomic mass is 32.2. The van der Waals surface area contributed by atoms with Crippen LogP contribution in [0.3, 0.4) is 0 Å². The van der Waals surface area contributed by atoms with Crippen molar-refractivity contribution < 1.29 is 12.8 Å². The first kappa shape index (κ1) is 11.9. The van der Waals surface area contributed by atoms with E-state index in [1.54, 1.807) is 6.92 Å². The molecule has 2 rings (SSSR count). The Morgan fingerprint density at radius 2 is 2.18 bits per heavy atom. The van der Waals surface area contributed by atoms with Crippen molar-refractivity contribution in [3.05, 3.63) is 35.9 Å². The Kier molecular flexibility index (Phi) is 3.07. The Bertz CT molecular complexity index is 639. The number of aromatic nitrogens is 2. The third kappa shape index (κ3) is 2.77. The normalized spacial score (nSPS) is 11.4. The van der Waals surface area contributed by atoms with Crippen LogP contribution in [0.1, 0.15) is 5.82 Å². The lowest BCUT2D eigenvalue weighted by molar-refractivity contribution is 0.595. The Morgan fingerprint density at radius 3 is 2.76 bits per heavy atom. The fourth-order valence-corrected chi connectivity index (χ4v) is 2.98. The second-order valence-electron chi connectivity index (χ2n) is 3.21. The molecule has 1 aromatic heterocycles. The summed E-state index contributed by atoms with van der Waals surface area (Å²) < 4.78 is 42.6. The van der Waals surface area contributed by atoms with Gasteiger partial charge in [0.2, 0.25) is 5.13 Å². The number of benzene rings is 1. The lowest BCUT2D eigenvalue weighted by Crippen LogP contribution is -2.12. The summed E-state index contributed by atoms with van der Waals surface area (Å²) in [6, 6.07) is 4.75. The third-order valence-electron chi connectivity index (χ3n) is 1.86. The van der Waals surface area contributed by atoms with E-state index in [1.807, 2.05) is 0 Å². The molecule has 0 saturated carbocycles. The van der Waals surface area contributed by atoms with Crippen molar-refractivity contribution in [2.24, 2.45) is 0 Å². The van der Waals surface area contributed by atoms with Gasteiger partial charge in [0.1, 0.15) is 11.6 Å². The second kappa shape index (κ2) is 4.38. The minimum atomic E-state index is -3.80. The number of hydrogen-bond acceptors (Lipinski definition) is 5. The van der Waals surface area contributed by atoms with Gasteiger partial charge in [-0.3, -0.25) is 4.72 Å². The number of nitrogens with one attached hydrogen (secondary N) is 1. The minimum absolute atomic E-state index is 0.148. The first-order valence-electron chi connectivity index (χ1n) is 4.56. The van der Waals surface area contributed by atoms with Gasteiger partial charge in [0, 0.05) is 11.5 Å². The van der Waals surface area contributed by atoms with Crippen LogP contribution < -0.4 is 4.72 Å². The summed E-state index contributed by atoms with van der Waals surface area (Å²) >= 11 is 0.930. The van der Waals surface area contributed by atoms with E-state index in [0.29, 0.717) is 5.82 Å². The standard InChI is InChI=1S/C9H8FN3O2S2/c1-6-11-9(16-12-6)13-17(14,15)8-4-2-3-7(10)5-8/h2-5H,1H3,(H,11,12,13). The first-order chi connectivity index (χ1) is 7.97. The van der Waals surface area contributed by atoms with Crippen molar-refractivity contribution >= 4 is 26.7 Å². The number of anilines is 1. The van der Waals surface area contributed by atoms with Crippen LogP contribution in [0.15, 0.2) is 29.2 Å². The molecule has 0 aliphatic carbocycles. The summed E-state index contributed by atoms with van der Waals surface area (Å²) in [7, 11) is -3.80. The third-order valence-corrected chi connectivity index (χ3v) is 4.04. The van der Waals surface area contributed by atoms with Crippen LogP contribution in [0.2, 0.25) is 0 Å². The molecule has 0 atom stereocenters. The highest BCUT2D eigenvalue weighted by Crippen LogP contribution is 2.17. The molecule has 1 N–H and O–H groups in total. The van der Waals surface area contributed by atoms with Gasteiger partial charge >= 0.3 is 0 Å². The maximum atomic E-state index is 12.9. The summed E-state index contributed by atoms with van der Waals surface area (Å²) in [5, 5.41) is 0.159. The SMILES string of the molecule is Cc1nsc(NS(=O)(=O)c2cccc(F)c2)n1. The van der Waals surface area contributed by atoms with Crippen molar-refractivity contribution in [2.45, 2.75) is 11.8 Å². The van der Waals surface area contributed by atoms with Crippen LogP contribution in [0.4, 0.5) is 9.52 Å². The minimum Gasteiger partial charge on any atom is -0.253 e. The topological polar surface area (TPSA) is 72.0 Å². The zero-order valence-electron chi connectivity index (χ0n) is 8.71. The fraction of sp³-hybridized carbons (Fsp3) is 0.111. The number of hydrogen-bond donors (Lipinski definition) is 1. The van der Waals surface area contributed by atoms with E-state index in [9.17, 15) is 12.8 Å². The number of halogens is 1. The molecule has 8 heteroatoms. The molecular weight excluding hydrogens is 265 g/mol. The molecule has 0 saturated heterocycles. The Hall–Kier alpha value is -1.54. The van der Waals surface area contributed by atoms with Crippen LogP contribution in [-0.4, -0.2) is 17.8 Å². The summed E-state index contributed by atoms with van der Waals surface area (Å²) in [6.07, 6.45) is 0. The molecule has 1 heterocycles. The maximum Gasteiger partial charge on any atom is 0.263 e. The Morgan fingerprint density at radius 1 is 1.41 bits per heavy atom. The van der Waals surface area contributed by atoms with Gasteiger partial charge in [-0.15, -0.1) is 0 Å². The van der Waals surface area contributed by atoms with Gasteiger partial charge < -0.3 is 0 Å². The molecule has 5 nitrogen and oxygen atoms in total. The number of rotatable bonds is 3. The average Bonchev–Trinajstić information content (AvgIpc) is 2.63. The van der Waals surface area contributed by atoms with Gasteiger partial charge in [-0.1, -0.05) is 6.07 Å². The van der Waals surface area contributed by atoms with Crippen LogP contribution in [0, 0.1) is 12.7 Å². The molecule has 0 amide bonds. The summed E-state index contributed by atoms with van der Waals surface area (Å²) in [4.78, 5) is 3.72. The van der Waals surface area contributed by atoms with Gasteiger partial charge in [0.15, 0.2) is 0 Å². The molecule has 0 aliphatic rings. The van der Waals surface area contributed by atoms with Crippen LogP contribution >= 0.6 is 11.5 Å². The van der Waals surface area contributed by atoms with E-state index in [1.165, 1.54) is 18.2 Å². The lowest BCUT2D eigenvalue weighted by Gasteiger charge is -2.04. The molecule has 17 heavy (non-hydrogen) atoms. The predicted octanol–water partition coefficient (Wildman–Crippen LogP) is 1.79. The van der Waals surface area contributed by atoms with Crippen LogP contribution in [0.25, 0.3) is 0 Å². The van der Waals surface area contributed by atoms with Gasteiger partial charge in [-0.2, -0.15) is 4.37 Å². The predicted molar refractivity (Wildman–Crippen MR) is 61.9 cm³/mol. The lowest BCUT2D eigenvalue weighted by atomic mass is 10.4. The first-order valence-corrected chi connectivity index (χ1v) is 6.82. The van der Waals surface area contributed by atoms with E-state index in [-0.39, 0.29) is 10.0 Å². The van der Waals surface area contributed by atoms with E-state index in [0.717, 1.165) is 17.6 Å². The molecule has 1 aromatic carbocycles. The largest absolute Gasteiger partial charge is 0.263 e. The van der Waals surface area contributed by atoms with Gasteiger partial charge in [-0.25, -0.2) is 17.8 Å². The molecule has 0 aliphatic heterocycles. The molecule has 2 aromatic rings.